The molecule has 0 spiro atoms. The Labute approximate surface area is 122 Å². The number of halogens is 3. The lowest BCUT2D eigenvalue weighted by molar-refractivity contribution is 0.363. The van der Waals surface area contributed by atoms with Gasteiger partial charge in [-0.15, -0.1) is 11.6 Å². The number of ether oxygens (including phenoxy) is 1. The van der Waals surface area contributed by atoms with E-state index in [2.05, 4.69) is 36.7 Å². The average Bonchev–Trinajstić information content (AvgIpc) is 2.13. The van der Waals surface area contributed by atoms with E-state index in [-0.39, 0.29) is 10.8 Å². The van der Waals surface area contributed by atoms with Gasteiger partial charge < -0.3 is 4.74 Å². The van der Waals surface area contributed by atoms with Crippen molar-refractivity contribution in [3.8, 4) is 5.75 Å². The molecule has 1 unspecified atom stereocenters. The van der Waals surface area contributed by atoms with Crippen molar-refractivity contribution in [2.45, 2.75) is 32.6 Å². The highest BCUT2D eigenvalue weighted by molar-refractivity contribution is 9.10. The number of methoxy groups -OCH3 is 1. The Morgan fingerprint density at radius 3 is 2.41 bits per heavy atom. The number of rotatable bonds is 3. The van der Waals surface area contributed by atoms with Gasteiger partial charge in [0.2, 0.25) is 0 Å². The van der Waals surface area contributed by atoms with Crippen molar-refractivity contribution in [3.63, 3.8) is 0 Å². The van der Waals surface area contributed by atoms with Crippen LogP contribution in [0, 0.1) is 5.41 Å². The Morgan fingerprint density at radius 1 is 1.35 bits per heavy atom. The van der Waals surface area contributed by atoms with Crippen molar-refractivity contribution in [2.24, 2.45) is 5.41 Å². The Balaban J connectivity index is 3.11. The van der Waals surface area contributed by atoms with Crippen LogP contribution in [0.1, 0.15) is 38.1 Å². The zero-order chi connectivity index (χ0) is 13.2. The van der Waals surface area contributed by atoms with Gasteiger partial charge in [0.15, 0.2) is 0 Å². The standard InChI is InChI=1S/C13H17BrCl2O/c1-13(2,3)7-11(16)9-5-8(15)6-10(14)12(9)17-4/h5-6,11H,7H2,1-4H3. The van der Waals surface area contributed by atoms with E-state index in [1.807, 2.05) is 12.1 Å². The second-order valence-electron chi connectivity index (χ2n) is 5.24. The smallest absolute Gasteiger partial charge is 0.137 e. The molecule has 4 heteroatoms. The maximum Gasteiger partial charge on any atom is 0.137 e. The molecule has 1 nitrogen and oxygen atoms in total. The molecule has 0 aliphatic rings. The predicted molar refractivity (Wildman–Crippen MR) is 78.4 cm³/mol. The third kappa shape index (κ3) is 4.35. The third-order valence-corrected chi connectivity index (χ3v) is 3.57. The van der Waals surface area contributed by atoms with Crippen LogP contribution in [0.25, 0.3) is 0 Å². The van der Waals surface area contributed by atoms with Crippen molar-refractivity contribution in [3.05, 3.63) is 27.2 Å². The van der Waals surface area contributed by atoms with Gasteiger partial charge in [0.05, 0.1) is 17.0 Å². The topological polar surface area (TPSA) is 9.23 Å². The van der Waals surface area contributed by atoms with E-state index in [0.717, 1.165) is 22.2 Å². The maximum absolute atomic E-state index is 6.46. The predicted octanol–water partition coefficient (Wildman–Crippen LogP) is 5.83. The molecule has 0 bridgehead atoms. The van der Waals surface area contributed by atoms with Crippen LogP contribution in [0.2, 0.25) is 5.02 Å². The normalized spacial score (nSPS) is 13.6. The minimum Gasteiger partial charge on any atom is -0.495 e. The first kappa shape index (κ1) is 15.1. The molecule has 0 heterocycles. The molecule has 1 aromatic rings. The molecule has 0 saturated heterocycles. The minimum atomic E-state index is -0.111. The molecule has 0 amide bonds. The minimum absolute atomic E-state index is 0.111. The highest BCUT2D eigenvalue weighted by Gasteiger charge is 2.22. The summed E-state index contributed by atoms with van der Waals surface area (Å²) in [6.45, 7) is 6.48. The fourth-order valence-electron chi connectivity index (χ4n) is 1.68. The average molecular weight is 340 g/mol. The molecule has 0 aliphatic carbocycles. The van der Waals surface area contributed by atoms with Crippen LogP contribution in [0.3, 0.4) is 0 Å². The highest BCUT2D eigenvalue weighted by atomic mass is 79.9. The summed E-state index contributed by atoms with van der Waals surface area (Å²) in [6.07, 6.45) is 0.859. The fraction of sp³-hybridized carbons (Fsp3) is 0.538. The van der Waals surface area contributed by atoms with Crippen LogP contribution in [0.4, 0.5) is 0 Å². The summed E-state index contributed by atoms with van der Waals surface area (Å²) in [4.78, 5) is 0. The Kier molecular flexibility index (Phi) is 5.18. The van der Waals surface area contributed by atoms with Gasteiger partial charge >= 0.3 is 0 Å². The lowest BCUT2D eigenvalue weighted by Crippen LogP contribution is -2.09. The van der Waals surface area contributed by atoms with Crippen LogP contribution in [0.5, 0.6) is 5.75 Å². The first-order chi connectivity index (χ1) is 7.74. The highest BCUT2D eigenvalue weighted by Crippen LogP contribution is 2.42. The Hall–Kier alpha value is 0.0800. The van der Waals surface area contributed by atoms with Crippen LogP contribution in [-0.4, -0.2) is 7.11 Å². The van der Waals surface area contributed by atoms with Gasteiger partial charge in [-0.2, -0.15) is 0 Å². The molecule has 0 N–H and O–H groups in total. The summed E-state index contributed by atoms with van der Waals surface area (Å²) in [6, 6.07) is 3.68. The molecule has 0 aliphatic heterocycles. The lowest BCUT2D eigenvalue weighted by atomic mass is 9.88. The summed E-state index contributed by atoms with van der Waals surface area (Å²) in [7, 11) is 1.64. The summed E-state index contributed by atoms with van der Waals surface area (Å²) in [5.74, 6) is 0.763. The van der Waals surface area contributed by atoms with Gasteiger partial charge in [0, 0.05) is 10.6 Å². The Morgan fingerprint density at radius 2 is 1.94 bits per heavy atom. The molecule has 1 aromatic carbocycles. The Bertz CT molecular complexity index is 399. The van der Waals surface area contributed by atoms with Gasteiger partial charge in [0.25, 0.3) is 0 Å². The number of benzene rings is 1. The van der Waals surface area contributed by atoms with Crippen LogP contribution in [0.15, 0.2) is 16.6 Å². The summed E-state index contributed by atoms with van der Waals surface area (Å²) < 4.78 is 6.21. The second-order valence-corrected chi connectivity index (χ2v) is 7.06. The quantitative estimate of drug-likeness (QED) is 0.630. The summed E-state index contributed by atoms with van der Waals surface area (Å²) >= 11 is 15.9. The summed E-state index contributed by atoms with van der Waals surface area (Å²) in [5.41, 5.74) is 1.09. The second kappa shape index (κ2) is 5.81. The summed E-state index contributed by atoms with van der Waals surface area (Å²) in [5, 5.41) is 0.548. The first-order valence-electron chi connectivity index (χ1n) is 5.41. The molecule has 1 atom stereocenters. The van der Waals surface area contributed by atoms with Gasteiger partial charge in [-0.25, -0.2) is 0 Å². The van der Waals surface area contributed by atoms with Gasteiger partial charge in [0.1, 0.15) is 5.75 Å². The van der Waals surface area contributed by atoms with E-state index in [0.29, 0.717) is 5.02 Å². The van der Waals surface area contributed by atoms with E-state index in [1.54, 1.807) is 7.11 Å². The number of hydrogen-bond acceptors (Lipinski definition) is 1. The zero-order valence-corrected chi connectivity index (χ0v) is 13.6. The van der Waals surface area contributed by atoms with Crippen molar-refractivity contribution >= 4 is 39.1 Å². The van der Waals surface area contributed by atoms with Crippen molar-refractivity contribution in [1.82, 2.24) is 0 Å². The van der Waals surface area contributed by atoms with Crippen molar-refractivity contribution < 1.29 is 4.74 Å². The zero-order valence-electron chi connectivity index (χ0n) is 10.5. The largest absolute Gasteiger partial charge is 0.495 e. The van der Waals surface area contributed by atoms with E-state index in [1.165, 1.54) is 0 Å². The van der Waals surface area contributed by atoms with Gasteiger partial charge in [-0.3, -0.25) is 0 Å². The van der Waals surface area contributed by atoms with E-state index < -0.39 is 0 Å². The SMILES string of the molecule is COc1c(Br)cc(Cl)cc1C(Cl)CC(C)(C)C. The fourth-order valence-corrected chi connectivity index (χ4v) is 3.30. The van der Waals surface area contributed by atoms with E-state index in [9.17, 15) is 0 Å². The number of hydrogen-bond donors (Lipinski definition) is 0. The molecule has 17 heavy (non-hydrogen) atoms. The monoisotopic (exact) mass is 338 g/mol. The van der Waals surface area contributed by atoms with Gasteiger partial charge in [-0.05, 0) is 39.9 Å². The molecule has 0 aromatic heterocycles. The van der Waals surface area contributed by atoms with Crippen molar-refractivity contribution in [1.29, 1.82) is 0 Å². The molecular formula is C13H17BrCl2O. The lowest BCUT2D eigenvalue weighted by Gasteiger charge is -2.23. The van der Waals surface area contributed by atoms with Crippen molar-refractivity contribution in [2.75, 3.05) is 7.11 Å². The first-order valence-corrected chi connectivity index (χ1v) is 7.02. The molecule has 0 fully saturated rings. The maximum atomic E-state index is 6.46. The molecule has 0 saturated carbocycles. The van der Waals surface area contributed by atoms with Crippen LogP contribution >= 0.6 is 39.1 Å². The van der Waals surface area contributed by atoms with E-state index in [4.69, 9.17) is 27.9 Å². The molecule has 0 radical (unpaired) electrons. The molecular weight excluding hydrogens is 323 g/mol. The van der Waals surface area contributed by atoms with E-state index >= 15 is 0 Å². The number of alkyl halides is 1. The van der Waals surface area contributed by atoms with Gasteiger partial charge in [-0.1, -0.05) is 32.4 Å². The van der Waals surface area contributed by atoms with Crippen LogP contribution < -0.4 is 4.74 Å². The van der Waals surface area contributed by atoms with Crippen LogP contribution in [-0.2, 0) is 0 Å². The third-order valence-electron chi connectivity index (χ3n) is 2.37. The molecule has 96 valence electrons. The molecule has 1 rings (SSSR count).